The molecule has 0 bridgehead atoms. The summed E-state index contributed by atoms with van der Waals surface area (Å²) >= 11 is 5.36. The molecule has 14 heavy (non-hydrogen) atoms. The fraction of sp³-hybridized carbons (Fsp3) is 0.222. The van der Waals surface area contributed by atoms with Crippen LogP contribution in [0, 0.1) is 4.91 Å². The number of nitroso groups, excluding NO2 is 1. The van der Waals surface area contributed by atoms with Crippen molar-refractivity contribution in [1.82, 2.24) is 0 Å². The van der Waals surface area contributed by atoms with Gasteiger partial charge in [0.25, 0.3) is 0 Å². The molecule has 1 atom stereocenters. The second-order valence-electron chi connectivity index (χ2n) is 2.53. The van der Waals surface area contributed by atoms with E-state index >= 15 is 0 Å². The van der Waals surface area contributed by atoms with Gasteiger partial charge in [-0.15, -0.1) is 4.91 Å². The van der Waals surface area contributed by atoms with Gasteiger partial charge in [-0.3, -0.25) is 4.79 Å². The lowest BCUT2D eigenvalue weighted by Gasteiger charge is -2.02. The van der Waals surface area contributed by atoms with E-state index in [1.54, 1.807) is 12.1 Å². The maximum absolute atomic E-state index is 11.3. The number of nitrogens with zero attached hydrogens (tertiary/aromatic N) is 1. The molecule has 1 rings (SSSR count). The van der Waals surface area contributed by atoms with Crippen molar-refractivity contribution in [1.29, 1.82) is 0 Å². The molecule has 0 heterocycles. The number of benzene rings is 1. The normalized spacial score (nSPS) is 11.9. The second-order valence-corrected chi connectivity index (χ2v) is 2.95. The molecule has 0 aliphatic rings. The zero-order valence-electron chi connectivity index (χ0n) is 7.44. The topological polar surface area (TPSA) is 55.7 Å². The van der Waals surface area contributed by atoms with Gasteiger partial charge in [-0.1, -0.05) is 11.6 Å². The van der Waals surface area contributed by atoms with E-state index in [2.05, 4.69) is 5.18 Å². The SMILES string of the molecule is COc1ccc(C(=O)C(Cl)N=O)cc1. The van der Waals surface area contributed by atoms with E-state index in [0.717, 1.165) is 0 Å². The third kappa shape index (κ3) is 2.29. The summed E-state index contributed by atoms with van der Waals surface area (Å²) in [7, 11) is 1.52. The molecule has 4 nitrogen and oxygen atoms in total. The minimum atomic E-state index is -1.36. The van der Waals surface area contributed by atoms with Gasteiger partial charge in [0, 0.05) is 5.56 Å². The number of ketones is 1. The predicted molar refractivity (Wildman–Crippen MR) is 52.8 cm³/mol. The molecule has 0 saturated heterocycles. The Morgan fingerprint density at radius 3 is 2.43 bits per heavy atom. The number of rotatable bonds is 4. The molecule has 0 aliphatic carbocycles. The Labute approximate surface area is 85.8 Å². The van der Waals surface area contributed by atoms with Crippen molar-refractivity contribution in [3.8, 4) is 5.75 Å². The predicted octanol–water partition coefficient (Wildman–Crippen LogP) is 2.21. The van der Waals surface area contributed by atoms with Crippen molar-refractivity contribution in [3.63, 3.8) is 0 Å². The van der Waals surface area contributed by atoms with Crippen LogP contribution in [0.25, 0.3) is 0 Å². The van der Waals surface area contributed by atoms with Gasteiger partial charge in [-0.2, -0.15) is 0 Å². The molecule has 1 aromatic carbocycles. The fourth-order valence-electron chi connectivity index (χ4n) is 0.941. The van der Waals surface area contributed by atoms with Gasteiger partial charge in [0.2, 0.25) is 11.3 Å². The zero-order valence-corrected chi connectivity index (χ0v) is 8.19. The van der Waals surface area contributed by atoms with Crippen molar-refractivity contribution in [3.05, 3.63) is 34.7 Å². The Balaban J connectivity index is 2.86. The van der Waals surface area contributed by atoms with Crippen LogP contribution in [0.5, 0.6) is 5.75 Å². The summed E-state index contributed by atoms with van der Waals surface area (Å²) in [5.74, 6) is 0.121. The highest BCUT2D eigenvalue weighted by molar-refractivity contribution is 6.33. The molecular formula is C9H8ClNO3. The van der Waals surface area contributed by atoms with Gasteiger partial charge in [0.1, 0.15) is 5.75 Å². The average molecular weight is 214 g/mol. The van der Waals surface area contributed by atoms with E-state index in [4.69, 9.17) is 16.3 Å². The molecule has 74 valence electrons. The molecule has 0 radical (unpaired) electrons. The Kier molecular flexibility index (Phi) is 3.59. The first-order valence-corrected chi connectivity index (χ1v) is 4.27. The number of hydrogen-bond donors (Lipinski definition) is 0. The van der Waals surface area contributed by atoms with E-state index in [1.807, 2.05) is 0 Å². The number of Topliss-reactive ketones (excluding diaryl/α,β-unsaturated/α-hetero) is 1. The van der Waals surface area contributed by atoms with Crippen molar-refractivity contribution in [2.24, 2.45) is 5.18 Å². The molecule has 0 saturated carbocycles. The highest BCUT2D eigenvalue weighted by Crippen LogP contribution is 2.14. The summed E-state index contributed by atoms with van der Waals surface area (Å²) < 4.78 is 4.91. The summed E-state index contributed by atoms with van der Waals surface area (Å²) in [6.07, 6.45) is 0. The molecule has 0 aromatic heterocycles. The Morgan fingerprint density at radius 2 is 2.00 bits per heavy atom. The van der Waals surface area contributed by atoms with Gasteiger partial charge in [-0.05, 0) is 29.4 Å². The van der Waals surface area contributed by atoms with Crippen molar-refractivity contribution < 1.29 is 9.53 Å². The minimum Gasteiger partial charge on any atom is -0.497 e. The Bertz CT molecular complexity index is 336. The quantitative estimate of drug-likeness (QED) is 0.334. The molecule has 0 fully saturated rings. The number of carbonyl (C=O) groups is 1. The molecule has 5 heteroatoms. The van der Waals surface area contributed by atoms with E-state index in [0.29, 0.717) is 11.3 Å². The van der Waals surface area contributed by atoms with Crippen LogP contribution in [0.1, 0.15) is 10.4 Å². The minimum absolute atomic E-state index is 0.338. The second kappa shape index (κ2) is 4.72. The van der Waals surface area contributed by atoms with Gasteiger partial charge in [0.15, 0.2) is 0 Å². The smallest absolute Gasteiger partial charge is 0.227 e. The number of alkyl halides is 1. The van der Waals surface area contributed by atoms with Gasteiger partial charge in [-0.25, -0.2) is 0 Å². The molecular weight excluding hydrogens is 206 g/mol. The Morgan fingerprint density at radius 1 is 1.43 bits per heavy atom. The maximum atomic E-state index is 11.3. The van der Waals surface area contributed by atoms with Crippen LogP contribution in [0.4, 0.5) is 0 Å². The Hall–Kier alpha value is -1.42. The summed E-state index contributed by atoms with van der Waals surface area (Å²) in [6, 6.07) is 6.28. The maximum Gasteiger partial charge on any atom is 0.227 e. The number of methoxy groups -OCH3 is 1. The van der Waals surface area contributed by atoms with Crippen molar-refractivity contribution in [2.45, 2.75) is 5.50 Å². The number of halogens is 1. The summed E-state index contributed by atoms with van der Waals surface area (Å²) in [6.45, 7) is 0. The van der Waals surface area contributed by atoms with Crippen LogP contribution in [0.2, 0.25) is 0 Å². The number of carbonyl (C=O) groups excluding carboxylic acids is 1. The first-order chi connectivity index (χ1) is 6.69. The largest absolute Gasteiger partial charge is 0.497 e. The van der Waals surface area contributed by atoms with Crippen LogP contribution < -0.4 is 4.74 Å². The lowest BCUT2D eigenvalue weighted by atomic mass is 10.1. The van der Waals surface area contributed by atoms with E-state index < -0.39 is 11.3 Å². The van der Waals surface area contributed by atoms with Crippen LogP contribution in [-0.4, -0.2) is 18.4 Å². The van der Waals surface area contributed by atoms with Crippen LogP contribution in [0.3, 0.4) is 0 Å². The van der Waals surface area contributed by atoms with Gasteiger partial charge in [0.05, 0.1) is 7.11 Å². The van der Waals surface area contributed by atoms with E-state index in [-0.39, 0.29) is 0 Å². The third-order valence-corrected chi connectivity index (χ3v) is 1.96. The monoisotopic (exact) mass is 213 g/mol. The highest BCUT2D eigenvalue weighted by atomic mass is 35.5. The van der Waals surface area contributed by atoms with Gasteiger partial charge < -0.3 is 4.74 Å². The number of hydrogen-bond acceptors (Lipinski definition) is 4. The summed E-state index contributed by atoms with van der Waals surface area (Å²) in [5, 5.41) is 2.44. The first kappa shape index (κ1) is 10.7. The molecule has 0 spiro atoms. The molecule has 0 N–H and O–H groups in total. The van der Waals surface area contributed by atoms with E-state index in [1.165, 1.54) is 19.2 Å². The van der Waals surface area contributed by atoms with Crippen molar-refractivity contribution >= 4 is 17.4 Å². The highest BCUT2D eigenvalue weighted by Gasteiger charge is 2.17. The van der Waals surface area contributed by atoms with E-state index in [9.17, 15) is 9.70 Å². The van der Waals surface area contributed by atoms with Crippen LogP contribution in [-0.2, 0) is 0 Å². The molecule has 1 aromatic rings. The summed E-state index contributed by atoms with van der Waals surface area (Å²) in [5.41, 5.74) is -1.02. The van der Waals surface area contributed by atoms with Crippen molar-refractivity contribution in [2.75, 3.05) is 7.11 Å². The zero-order chi connectivity index (χ0) is 10.6. The number of ether oxygens (including phenoxy) is 1. The fourth-order valence-corrected chi connectivity index (χ4v) is 1.07. The lowest BCUT2D eigenvalue weighted by Crippen LogP contribution is -2.11. The third-order valence-electron chi connectivity index (χ3n) is 1.68. The van der Waals surface area contributed by atoms with Crippen LogP contribution >= 0.6 is 11.6 Å². The average Bonchev–Trinajstić information content (AvgIpc) is 2.27. The summed E-state index contributed by atoms with van der Waals surface area (Å²) in [4.78, 5) is 21.3. The molecule has 1 unspecified atom stereocenters. The van der Waals surface area contributed by atoms with Crippen LogP contribution in [0.15, 0.2) is 29.4 Å². The molecule has 0 aliphatic heterocycles. The van der Waals surface area contributed by atoms with Gasteiger partial charge >= 0.3 is 0 Å². The standard InChI is InChI=1S/C9H8ClNO3/c1-14-7-4-2-6(3-5-7)8(12)9(10)11-13/h2-5,9H,1H3. The first-order valence-electron chi connectivity index (χ1n) is 3.84. The molecule has 0 amide bonds. The lowest BCUT2D eigenvalue weighted by molar-refractivity contribution is 0.0989.